The zero-order chi connectivity index (χ0) is 24.0. The van der Waals surface area contributed by atoms with Gasteiger partial charge in [-0.25, -0.2) is 8.42 Å². The number of sulfonamides is 1. The maximum absolute atomic E-state index is 12.9. The maximum Gasteiger partial charge on any atom is 0.261 e. The summed E-state index contributed by atoms with van der Waals surface area (Å²) in [4.78, 5) is 14.5. The van der Waals surface area contributed by atoms with Crippen LogP contribution in [0.25, 0.3) is 0 Å². The number of hydrogen-bond donors (Lipinski definition) is 1. The minimum atomic E-state index is -3.82. The van der Waals surface area contributed by atoms with E-state index in [1.807, 2.05) is 37.3 Å². The van der Waals surface area contributed by atoms with Gasteiger partial charge < -0.3 is 14.4 Å². The van der Waals surface area contributed by atoms with Crippen molar-refractivity contribution >= 4 is 21.6 Å². The van der Waals surface area contributed by atoms with Crippen molar-refractivity contribution in [2.45, 2.75) is 18.2 Å². The lowest BCUT2D eigenvalue weighted by molar-refractivity contribution is 0.0796. The fourth-order valence-corrected chi connectivity index (χ4v) is 4.39. The molecule has 0 aromatic heterocycles. The predicted octanol–water partition coefficient (Wildman–Crippen LogP) is 4.13. The molecule has 8 heteroatoms. The van der Waals surface area contributed by atoms with Gasteiger partial charge in [-0.15, -0.1) is 0 Å². The molecule has 0 fully saturated rings. The Hall–Kier alpha value is -3.52. The summed E-state index contributed by atoms with van der Waals surface area (Å²) in [6.07, 6.45) is 0.607. The number of aryl methyl sites for hydroxylation is 1. The first-order chi connectivity index (χ1) is 15.7. The van der Waals surface area contributed by atoms with Crippen LogP contribution in [-0.4, -0.2) is 47.0 Å². The molecule has 3 rings (SSSR count). The number of amides is 1. The summed E-state index contributed by atoms with van der Waals surface area (Å²) < 4.78 is 38.7. The number of likely N-dealkylation sites (N-methyl/N-ethyl adjacent to an activating group) is 1. The summed E-state index contributed by atoms with van der Waals surface area (Å²) in [6.45, 7) is 2.38. The molecule has 0 aliphatic carbocycles. The fraction of sp³-hybridized carbons (Fsp3) is 0.240. The molecule has 1 amide bonds. The van der Waals surface area contributed by atoms with Crippen molar-refractivity contribution in [3.05, 3.63) is 83.4 Å². The minimum absolute atomic E-state index is 0.0298. The molecule has 174 valence electrons. The number of rotatable bonds is 9. The molecule has 3 aromatic carbocycles. The standard InChI is InChI=1S/C25H28N2O5S/c1-18-8-11-21(12-9-18)26-33(29,30)22-7-5-6-20(17-22)25(28)27(2)15-14-19-10-13-23(31-3)24(16-19)32-4/h5-13,16-17,26H,14-15H2,1-4H3. The summed E-state index contributed by atoms with van der Waals surface area (Å²) in [6, 6.07) is 18.7. The van der Waals surface area contributed by atoms with E-state index in [1.54, 1.807) is 50.4 Å². The third-order valence-corrected chi connectivity index (χ3v) is 6.60. The summed E-state index contributed by atoms with van der Waals surface area (Å²) >= 11 is 0. The minimum Gasteiger partial charge on any atom is -0.493 e. The number of carbonyl (C=O) groups is 1. The zero-order valence-electron chi connectivity index (χ0n) is 19.2. The molecule has 1 N–H and O–H groups in total. The average molecular weight is 469 g/mol. The van der Waals surface area contributed by atoms with Crippen LogP contribution >= 0.6 is 0 Å². The number of nitrogens with one attached hydrogen (secondary N) is 1. The Bertz CT molecular complexity index is 1220. The van der Waals surface area contributed by atoms with E-state index in [0.29, 0.717) is 35.7 Å². The van der Waals surface area contributed by atoms with Crippen LogP contribution < -0.4 is 14.2 Å². The Balaban J connectivity index is 1.70. The molecule has 0 aliphatic heterocycles. The molecule has 0 unspecified atom stereocenters. The normalized spacial score (nSPS) is 11.0. The van der Waals surface area contributed by atoms with Crippen LogP contribution in [0, 0.1) is 6.92 Å². The Kier molecular flexibility index (Phi) is 7.60. The van der Waals surface area contributed by atoms with E-state index < -0.39 is 10.0 Å². The van der Waals surface area contributed by atoms with Crippen LogP contribution in [0.2, 0.25) is 0 Å². The van der Waals surface area contributed by atoms with Crippen LogP contribution in [0.1, 0.15) is 21.5 Å². The molecule has 3 aromatic rings. The van der Waals surface area contributed by atoms with Gasteiger partial charge in [-0.3, -0.25) is 9.52 Å². The second kappa shape index (κ2) is 10.4. The summed E-state index contributed by atoms with van der Waals surface area (Å²) in [5.74, 6) is 1.01. The van der Waals surface area contributed by atoms with Gasteiger partial charge in [0.1, 0.15) is 0 Å². The Morgan fingerprint density at radius 3 is 2.30 bits per heavy atom. The first kappa shape index (κ1) is 24.1. The summed E-state index contributed by atoms with van der Waals surface area (Å²) in [7, 11) is 1.02. The van der Waals surface area contributed by atoms with Gasteiger partial charge in [0.15, 0.2) is 11.5 Å². The quantitative estimate of drug-likeness (QED) is 0.511. The molecule has 0 aliphatic rings. The summed E-state index contributed by atoms with van der Waals surface area (Å²) in [5, 5.41) is 0. The number of methoxy groups -OCH3 is 2. The second-order valence-corrected chi connectivity index (χ2v) is 9.35. The van der Waals surface area contributed by atoms with Gasteiger partial charge in [-0.1, -0.05) is 29.8 Å². The summed E-state index contributed by atoms with van der Waals surface area (Å²) in [5.41, 5.74) is 2.79. The van der Waals surface area contributed by atoms with E-state index in [9.17, 15) is 13.2 Å². The molecule has 0 saturated heterocycles. The Morgan fingerprint density at radius 1 is 0.939 bits per heavy atom. The lowest BCUT2D eigenvalue weighted by Crippen LogP contribution is -2.29. The van der Waals surface area contributed by atoms with Crippen molar-refractivity contribution in [2.24, 2.45) is 0 Å². The van der Waals surface area contributed by atoms with Crippen molar-refractivity contribution in [1.82, 2.24) is 4.90 Å². The van der Waals surface area contributed by atoms with Crippen molar-refractivity contribution in [3.8, 4) is 11.5 Å². The highest BCUT2D eigenvalue weighted by Gasteiger charge is 2.18. The third kappa shape index (κ3) is 6.04. The predicted molar refractivity (Wildman–Crippen MR) is 129 cm³/mol. The second-order valence-electron chi connectivity index (χ2n) is 7.67. The average Bonchev–Trinajstić information content (AvgIpc) is 2.83. The largest absolute Gasteiger partial charge is 0.493 e. The molecule has 0 atom stereocenters. The molecule has 33 heavy (non-hydrogen) atoms. The van der Waals surface area contributed by atoms with E-state index in [-0.39, 0.29) is 10.8 Å². The number of nitrogens with zero attached hydrogens (tertiary/aromatic N) is 1. The first-order valence-electron chi connectivity index (χ1n) is 10.4. The molecule has 0 heterocycles. The van der Waals surface area contributed by atoms with Gasteiger partial charge in [0.05, 0.1) is 19.1 Å². The Labute approximate surface area is 195 Å². The van der Waals surface area contributed by atoms with Crippen LogP contribution in [0.3, 0.4) is 0 Å². The van der Waals surface area contributed by atoms with E-state index in [0.717, 1.165) is 11.1 Å². The van der Waals surface area contributed by atoms with Crippen molar-refractivity contribution in [3.63, 3.8) is 0 Å². The number of hydrogen-bond acceptors (Lipinski definition) is 5. The van der Waals surface area contributed by atoms with Crippen LogP contribution in [-0.2, 0) is 16.4 Å². The number of ether oxygens (including phenoxy) is 2. The van der Waals surface area contributed by atoms with Crippen molar-refractivity contribution in [1.29, 1.82) is 0 Å². The molecule has 0 spiro atoms. The maximum atomic E-state index is 12.9. The molecular formula is C25H28N2O5S. The first-order valence-corrected chi connectivity index (χ1v) is 11.9. The molecular weight excluding hydrogens is 440 g/mol. The van der Waals surface area contributed by atoms with Gasteiger partial charge in [0, 0.05) is 24.8 Å². The number of benzene rings is 3. The van der Waals surface area contributed by atoms with Crippen molar-refractivity contribution < 1.29 is 22.7 Å². The lowest BCUT2D eigenvalue weighted by atomic mass is 10.1. The van der Waals surface area contributed by atoms with E-state index in [2.05, 4.69) is 4.72 Å². The molecule has 7 nitrogen and oxygen atoms in total. The molecule has 0 saturated carbocycles. The Morgan fingerprint density at radius 2 is 1.64 bits per heavy atom. The van der Waals surface area contributed by atoms with Crippen molar-refractivity contribution in [2.75, 3.05) is 32.5 Å². The molecule has 0 radical (unpaired) electrons. The van der Waals surface area contributed by atoms with Gasteiger partial charge in [0.2, 0.25) is 0 Å². The monoisotopic (exact) mass is 468 g/mol. The van der Waals surface area contributed by atoms with Crippen LogP contribution in [0.15, 0.2) is 71.6 Å². The smallest absolute Gasteiger partial charge is 0.261 e. The van der Waals surface area contributed by atoms with E-state index >= 15 is 0 Å². The van der Waals surface area contributed by atoms with Crippen LogP contribution in [0.4, 0.5) is 5.69 Å². The van der Waals surface area contributed by atoms with E-state index in [1.165, 1.54) is 12.1 Å². The topological polar surface area (TPSA) is 84.9 Å². The molecule has 0 bridgehead atoms. The fourth-order valence-electron chi connectivity index (χ4n) is 3.29. The van der Waals surface area contributed by atoms with Gasteiger partial charge in [0.25, 0.3) is 15.9 Å². The highest BCUT2D eigenvalue weighted by atomic mass is 32.2. The van der Waals surface area contributed by atoms with E-state index in [4.69, 9.17) is 9.47 Å². The SMILES string of the molecule is COc1ccc(CCN(C)C(=O)c2cccc(S(=O)(=O)Nc3ccc(C)cc3)c2)cc1OC. The van der Waals surface area contributed by atoms with Gasteiger partial charge >= 0.3 is 0 Å². The van der Waals surface area contributed by atoms with Gasteiger partial charge in [-0.05, 0) is 61.4 Å². The number of carbonyl (C=O) groups excluding carboxylic acids is 1. The zero-order valence-corrected chi connectivity index (χ0v) is 20.0. The highest BCUT2D eigenvalue weighted by Crippen LogP contribution is 2.27. The number of anilines is 1. The highest BCUT2D eigenvalue weighted by molar-refractivity contribution is 7.92. The van der Waals surface area contributed by atoms with Crippen LogP contribution in [0.5, 0.6) is 11.5 Å². The lowest BCUT2D eigenvalue weighted by Gasteiger charge is -2.18. The van der Waals surface area contributed by atoms with Gasteiger partial charge in [-0.2, -0.15) is 0 Å². The third-order valence-electron chi connectivity index (χ3n) is 5.23.